The molecule has 1 aromatic carbocycles. The minimum atomic E-state index is 0.134. The average molecular weight is 344 g/mol. The monoisotopic (exact) mass is 344 g/mol. The third-order valence-electron chi connectivity index (χ3n) is 3.93. The lowest BCUT2D eigenvalue weighted by Crippen LogP contribution is -2.36. The highest BCUT2D eigenvalue weighted by molar-refractivity contribution is 5.58. The molecule has 6 nitrogen and oxygen atoms in total. The van der Waals surface area contributed by atoms with Crippen molar-refractivity contribution in [3.05, 3.63) is 48.4 Å². The van der Waals surface area contributed by atoms with Crippen molar-refractivity contribution in [3.63, 3.8) is 0 Å². The van der Waals surface area contributed by atoms with E-state index in [1.807, 2.05) is 30.3 Å². The minimum Gasteiger partial charge on any atom is -0.489 e. The Morgan fingerprint density at radius 2 is 2.00 bits per heavy atom. The molecule has 0 radical (unpaired) electrons. The number of anilines is 1. The molecule has 1 aliphatic heterocycles. The zero-order valence-electron chi connectivity index (χ0n) is 13.9. The van der Waals surface area contributed by atoms with Crippen molar-refractivity contribution in [3.8, 4) is 17.1 Å². The first-order valence-corrected chi connectivity index (χ1v) is 8.17. The molecular formula is C18H21FN4O2. The maximum atomic E-state index is 12.5. The van der Waals surface area contributed by atoms with E-state index < -0.39 is 0 Å². The summed E-state index contributed by atoms with van der Waals surface area (Å²) in [6, 6.07) is 9.30. The van der Waals surface area contributed by atoms with Crippen LogP contribution in [-0.2, 0) is 4.74 Å². The molecule has 3 rings (SSSR count). The fraction of sp³-hybridized carbons (Fsp3) is 0.333. The quantitative estimate of drug-likeness (QED) is 0.866. The molecule has 0 unspecified atom stereocenters. The van der Waals surface area contributed by atoms with Gasteiger partial charge in [0.05, 0.1) is 19.5 Å². The molecule has 0 amide bonds. The van der Waals surface area contributed by atoms with Crippen LogP contribution in [0.25, 0.3) is 11.4 Å². The second kappa shape index (κ2) is 8.55. The average Bonchev–Trinajstić information content (AvgIpc) is 2.70. The topological polar surface area (TPSA) is 73.5 Å². The number of morpholine rings is 1. The van der Waals surface area contributed by atoms with Gasteiger partial charge in [-0.15, -0.1) is 0 Å². The summed E-state index contributed by atoms with van der Waals surface area (Å²) in [7, 11) is 0. The van der Waals surface area contributed by atoms with E-state index in [1.165, 1.54) is 0 Å². The fourth-order valence-corrected chi connectivity index (χ4v) is 2.47. The van der Waals surface area contributed by atoms with Crippen molar-refractivity contribution >= 4 is 5.82 Å². The van der Waals surface area contributed by atoms with E-state index in [-0.39, 0.29) is 13.2 Å². The van der Waals surface area contributed by atoms with E-state index >= 15 is 0 Å². The van der Waals surface area contributed by atoms with Gasteiger partial charge in [0.2, 0.25) is 0 Å². The summed E-state index contributed by atoms with van der Waals surface area (Å²) in [6.07, 6.45) is 2.25. The lowest BCUT2D eigenvalue weighted by Gasteiger charge is -2.27. The first-order chi connectivity index (χ1) is 12.3. The number of rotatable bonds is 6. The standard InChI is InChI=1S/C18H21FN4O2/c19-11-14(12-20)13-25-16-3-1-15(2-4-16)18-21-6-5-17(22-18)23-7-9-24-10-8-23/h1-6,11H,7-10,12-13,20H2/b14-11+. The summed E-state index contributed by atoms with van der Waals surface area (Å²) in [5.41, 5.74) is 6.71. The van der Waals surface area contributed by atoms with Gasteiger partial charge in [-0.25, -0.2) is 14.4 Å². The van der Waals surface area contributed by atoms with Crippen LogP contribution < -0.4 is 15.4 Å². The van der Waals surface area contributed by atoms with E-state index in [0.717, 1.165) is 24.5 Å². The normalized spacial score (nSPS) is 15.3. The Kier molecular flexibility index (Phi) is 5.92. The Bertz CT molecular complexity index is 715. The van der Waals surface area contributed by atoms with Crippen LogP contribution in [0.2, 0.25) is 0 Å². The fourth-order valence-electron chi connectivity index (χ4n) is 2.47. The van der Waals surface area contributed by atoms with Gasteiger partial charge in [0.25, 0.3) is 0 Å². The van der Waals surface area contributed by atoms with E-state index in [2.05, 4.69) is 14.9 Å². The molecule has 0 spiro atoms. The van der Waals surface area contributed by atoms with Gasteiger partial charge in [-0.3, -0.25) is 0 Å². The van der Waals surface area contributed by atoms with Gasteiger partial charge in [-0.2, -0.15) is 0 Å². The molecule has 25 heavy (non-hydrogen) atoms. The molecule has 1 saturated heterocycles. The number of halogens is 1. The van der Waals surface area contributed by atoms with Gasteiger partial charge in [0.15, 0.2) is 5.82 Å². The number of benzene rings is 1. The lowest BCUT2D eigenvalue weighted by molar-refractivity contribution is 0.122. The number of aromatic nitrogens is 2. The third kappa shape index (κ3) is 4.52. The van der Waals surface area contributed by atoms with Crippen molar-refractivity contribution in [2.24, 2.45) is 5.73 Å². The molecular weight excluding hydrogens is 323 g/mol. The SMILES string of the molecule is NC/C(=C\F)COc1ccc(-c2nccc(N3CCOCC3)n2)cc1. The molecule has 1 aliphatic rings. The Morgan fingerprint density at radius 1 is 1.24 bits per heavy atom. The van der Waals surface area contributed by atoms with Gasteiger partial charge >= 0.3 is 0 Å². The summed E-state index contributed by atoms with van der Waals surface area (Å²) in [6.45, 7) is 3.35. The Morgan fingerprint density at radius 3 is 2.68 bits per heavy atom. The zero-order chi connectivity index (χ0) is 17.5. The first kappa shape index (κ1) is 17.3. The Balaban J connectivity index is 1.69. The molecule has 2 N–H and O–H groups in total. The van der Waals surface area contributed by atoms with Crippen LogP contribution in [-0.4, -0.2) is 49.4 Å². The largest absolute Gasteiger partial charge is 0.489 e. The van der Waals surface area contributed by atoms with Crippen molar-refractivity contribution in [2.45, 2.75) is 0 Å². The van der Waals surface area contributed by atoms with Gasteiger partial charge in [0, 0.05) is 37.0 Å². The van der Waals surface area contributed by atoms with Crippen LogP contribution >= 0.6 is 0 Å². The van der Waals surface area contributed by atoms with Crippen LogP contribution in [0.1, 0.15) is 0 Å². The molecule has 2 aromatic rings. The number of nitrogens with two attached hydrogens (primary N) is 1. The Hall–Kier alpha value is -2.51. The number of hydrogen-bond acceptors (Lipinski definition) is 6. The van der Waals surface area contributed by atoms with Gasteiger partial charge < -0.3 is 20.1 Å². The first-order valence-electron chi connectivity index (χ1n) is 8.17. The van der Waals surface area contributed by atoms with Crippen LogP contribution in [0.15, 0.2) is 48.4 Å². The number of nitrogens with zero attached hydrogens (tertiary/aromatic N) is 3. The third-order valence-corrected chi connectivity index (χ3v) is 3.93. The van der Waals surface area contributed by atoms with Crippen molar-refractivity contribution in [1.82, 2.24) is 9.97 Å². The number of hydrogen-bond donors (Lipinski definition) is 1. The van der Waals surface area contributed by atoms with E-state index in [1.54, 1.807) is 6.20 Å². The van der Waals surface area contributed by atoms with Crippen LogP contribution in [0.3, 0.4) is 0 Å². The molecule has 1 aromatic heterocycles. The van der Waals surface area contributed by atoms with Crippen LogP contribution in [0.4, 0.5) is 10.2 Å². The highest BCUT2D eigenvalue weighted by atomic mass is 19.1. The number of ether oxygens (including phenoxy) is 2. The lowest BCUT2D eigenvalue weighted by atomic mass is 10.2. The predicted molar refractivity (Wildman–Crippen MR) is 94.2 cm³/mol. The molecule has 7 heteroatoms. The van der Waals surface area contributed by atoms with Crippen LogP contribution in [0, 0.1) is 0 Å². The van der Waals surface area contributed by atoms with E-state index in [4.69, 9.17) is 15.2 Å². The molecule has 0 aliphatic carbocycles. The van der Waals surface area contributed by atoms with Crippen molar-refractivity contribution in [1.29, 1.82) is 0 Å². The molecule has 0 bridgehead atoms. The molecule has 1 fully saturated rings. The summed E-state index contributed by atoms with van der Waals surface area (Å²) in [5.74, 6) is 2.19. The zero-order valence-corrected chi connectivity index (χ0v) is 13.9. The summed E-state index contributed by atoms with van der Waals surface area (Å²) in [4.78, 5) is 11.2. The maximum absolute atomic E-state index is 12.5. The summed E-state index contributed by atoms with van der Waals surface area (Å²) >= 11 is 0. The molecule has 2 heterocycles. The maximum Gasteiger partial charge on any atom is 0.161 e. The van der Waals surface area contributed by atoms with Gasteiger partial charge in [0.1, 0.15) is 18.2 Å². The van der Waals surface area contributed by atoms with Gasteiger partial charge in [-0.1, -0.05) is 0 Å². The summed E-state index contributed by atoms with van der Waals surface area (Å²) < 4.78 is 23.4. The summed E-state index contributed by atoms with van der Waals surface area (Å²) in [5, 5.41) is 0. The van der Waals surface area contributed by atoms with Crippen molar-refractivity contribution in [2.75, 3.05) is 44.4 Å². The van der Waals surface area contributed by atoms with Crippen LogP contribution in [0.5, 0.6) is 5.75 Å². The molecule has 0 atom stereocenters. The highest BCUT2D eigenvalue weighted by Gasteiger charge is 2.13. The van der Waals surface area contributed by atoms with E-state index in [9.17, 15) is 4.39 Å². The molecule has 0 saturated carbocycles. The minimum absolute atomic E-state index is 0.134. The van der Waals surface area contributed by atoms with E-state index in [0.29, 0.717) is 36.7 Å². The second-order valence-electron chi connectivity index (χ2n) is 5.62. The van der Waals surface area contributed by atoms with Crippen molar-refractivity contribution < 1.29 is 13.9 Å². The smallest absolute Gasteiger partial charge is 0.161 e. The highest BCUT2D eigenvalue weighted by Crippen LogP contribution is 2.22. The molecule has 132 valence electrons. The predicted octanol–water partition coefficient (Wildman–Crippen LogP) is 2.17. The van der Waals surface area contributed by atoms with Gasteiger partial charge in [-0.05, 0) is 30.3 Å². The second-order valence-corrected chi connectivity index (χ2v) is 5.62. The Labute approximate surface area is 146 Å².